The third-order valence-corrected chi connectivity index (χ3v) is 10.5. The monoisotopic (exact) mass is 472 g/mol. The van der Waals surface area contributed by atoms with Gasteiger partial charge in [0.25, 0.3) is 10.0 Å². The second kappa shape index (κ2) is 8.59. The topological polar surface area (TPSA) is 92.3 Å². The van der Waals surface area contributed by atoms with Crippen LogP contribution in [0.3, 0.4) is 0 Å². The molecular formula is C16H16N4O3S5. The number of sulfonamides is 1. The van der Waals surface area contributed by atoms with Gasteiger partial charge in [-0.15, -0.1) is 32.9 Å². The summed E-state index contributed by atoms with van der Waals surface area (Å²) in [6, 6.07) is 6.60. The summed E-state index contributed by atoms with van der Waals surface area (Å²) in [4.78, 5) is 14.0. The van der Waals surface area contributed by atoms with E-state index in [0.717, 1.165) is 21.4 Å². The number of hydrogen-bond acceptors (Lipinski definition) is 9. The number of nitrogens with zero attached hydrogens (tertiary/aromatic N) is 3. The number of rotatable bonds is 7. The van der Waals surface area contributed by atoms with Crippen molar-refractivity contribution in [1.82, 2.24) is 14.5 Å². The van der Waals surface area contributed by atoms with E-state index in [-0.39, 0.29) is 10.1 Å². The standard InChI is InChI=1S/C16H16N4O3S5/c21-14(12-5-1-7-20(12)28(22,23)13-6-3-9-25-13)17-15-18-19-16(27-15)26-10-11-4-2-8-24-11/h2-4,6,8-9,12H,1,5,7,10H2,(H,17,18,21). The van der Waals surface area contributed by atoms with Gasteiger partial charge in [0.2, 0.25) is 11.0 Å². The highest BCUT2D eigenvalue weighted by atomic mass is 32.2. The minimum absolute atomic E-state index is 0.260. The van der Waals surface area contributed by atoms with Gasteiger partial charge in [-0.2, -0.15) is 4.31 Å². The summed E-state index contributed by atoms with van der Waals surface area (Å²) < 4.78 is 27.9. The molecule has 1 amide bonds. The second-order valence-corrected chi connectivity index (χ2v) is 12.2. The van der Waals surface area contributed by atoms with Crippen molar-refractivity contribution in [1.29, 1.82) is 0 Å². The van der Waals surface area contributed by atoms with E-state index in [9.17, 15) is 13.2 Å². The summed E-state index contributed by atoms with van der Waals surface area (Å²) in [5.41, 5.74) is 0. The van der Waals surface area contributed by atoms with E-state index in [1.165, 1.54) is 20.5 Å². The molecule has 0 aliphatic carbocycles. The molecule has 4 heterocycles. The van der Waals surface area contributed by atoms with Crippen LogP contribution in [0, 0.1) is 0 Å². The van der Waals surface area contributed by atoms with Crippen molar-refractivity contribution in [2.75, 3.05) is 11.9 Å². The van der Waals surface area contributed by atoms with Crippen LogP contribution in [0.25, 0.3) is 0 Å². The van der Waals surface area contributed by atoms with Crippen LogP contribution in [0.2, 0.25) is 0 Å². The summed E-state index contributed by atoms with van der Waals surface area (Å²) in [5.74, 6) is 0.444. The molecule has 1 N–H and O–H groups in total. The van der Waals surface area contributed by atoms with Gasteiger partial charge in [-0.25, -0.2) is 8.42 Å². The minimum Gasteiger partial charge on any atom is -0.299 e. The SMILES string of the molecule is O=C(Nc1nnc(SCc2cccs2)s1)C1CCCN1S(=O)(=O)c1cccs1. The number of carbonyl (C=O) groups excluding carboxylic acids is 1. The molecule has 28 heavy (non-hydrogen) atoms. The lowest BCUT2D eigenvalue weighted by Gasteiger charge is -2.22. The highest BCUT2D eigenvalue weighted by Crippen LogP contribution is 2.31. The normalized spacial score (nSPS) is 17.8. The Labute approximate surface area is 178 Å². The summed E-state index contributed by atoms with van der Waals surface area (Å²) in [5, 5.41) is 15.0. The van der Waals surface area contributed by atoms with E-state index >= 15 is 0 Å². The predicted molar refractivity (Wildman–Crippen MR) is 114 cm³/mol. The molecule has 1 fully saturated rings. The molecule has 1 saturated heterocycles. The molecule has 1 aliphatic heterocycles. The largest absolute Gasteiger partial charge is 0.299 e. The number of nitrogens with one attached hydrogen (secondary N) is 1. The Morgan fingerprint density at radius 3 is 2.82 bits per heavy atom. The third kappa shape index (κ3) is 4.31. The average molecular weight is 473 g/mol. The van der Waals surface area contributed by atoms with Crippen LogP contribution in [0.1, 0.15) is 17.7 Å². The van der Waals surface area contributed by atoms with Gasteiger partial charge in [-0.05, 0) is 35.7 Å². The Morgan fingerprint density at radius 2 is 2.07 bits per heavy atom. The highest BCUT2D eigenvalue weighted by Gasteiger charge is 2.40. The number of anilines is 1. The van der Waals surface area contributed by atoms with Crippen LogP contribution in [-0.2, 0) is 20.6 Å². The number of thiophene rings is 2. The first-order chi connectivity index (χ1) is 13.5. The van der Waals surface area contributed by atoms with E-state index in [0.29, 0.717) is 24.5 Å². The van der Waals surface area contributed by atoms with Gasteiger partial charge in [-0.3, -0.25) is 10.1 Å². The maximum Gasteiger partial charge on any atom is 0.253 e. The van der Waals surface area contributed by atoms with Crippen LogP contribution in [-0.4, -0.2) is 41.4 Å². The fourth-order valence-corrected chi connectivity index (χ4v) is 8.15. The number of aromatic nitrogens is 2. The van der Waals surface area contributed by atoms with Gasteiger partial charge in [0, 0.05) is 17.2 Å². The molecule has 4 rings (SSSR count). The zero-order valence-corrected chi connectivity index (χ0v) is 18.6. The van der Waals surface area contributed by atoms with Gasteiger partial charge < -0.3 is 0 Å². The predicted octanol–water partition coefficient (Wildman–Crippen LogP) is 3.75. The van der Waals surface area contributed by atoms with Gasteiger partial charge in [0.05, 0.1) is 0 Å². The lowest BCUT2D eigenvalue weighted by Crippen LogP contribution is -2.42. The average Bonchev–Trinajstić information content (AvgIpc) is 3.48. The fraction of sp³-hybridized carbons (Fsp3) is 0.312. The number of amides is 1. The first-order valence-electron chi connectivity index (χ1n) is 8.39. The van der Waals surface area contributed by atoms with E-state index in [4.69, 9.17) is 0 Å². The molecule has 12 heteroatoms. The summed E-state index contributed by atoms with van der Waals surface area (Å²) in [6.07, 6.45) is 1.15. The van der Waals surface area contributed by atoms with Crippen molar-refractivity contribution >= 4 is 66.8 Å². The maximum absolute atomic E-state index is 12.8. The molecule has 0 aromatic carbocycles. The van der Waals surface area contributed by atoms with E-state index in [1.807, 2.05) is 11.4 Å². The fourth-order valence-electron chi connectivity index (χ4n) is 2.85. The molecule has 0 spiro atoms. The first kappa shape index (κ1) is 20.0. The van der Waals surface area contributed by atoms with Gasteiger partial charge in [-0.1, -0.05) is 35.2 Å². The summed E-state index contributed by atoms with van der Waals surface area (Å²) in [7, 11) is -3.65. The number of hydrogen-bond donors (Lipinski definition) is 1. The van der Waals surface area contributed by atoms with Crippen LogP contribution in [0.4, 0.5) is 5.13 Å². The lowest BCUT2D eigenvalue weighted by atomic mass is 10.2. The van der Waals surface area contributed by atoms with Crippen molar-refractivity contribution in [2.24, 2.45) is 0 Å². The minimum atomic E-state index is -3.65. The highest BCUT2D eigenvalue weighted by molar-refractivity contribution is 8.00. The molecule has 3 aromatic heterocycles. The molecule has 1 unspecified atom stereocenters. The molecular weight excluding hydrogens is 457 g/mol. The Hall–Kier alpha value is -1.31. The summed E-state index contributed by atoms with van der Waals surface area (Å²) >= 11 is 5.70. The molecule has 1 atom stereocenters. The molecule has 3 aromatic rings. The third-order valence-electron chi connectivity index (χ3n) is 4.12. The lowest BCUT2D eigenvalue weighted by molar-refractivity contribution is -0.119. The van der Waals surface area contributed by atoms with Crippen LogP contribution in [0.15, 0.2) is 43.6 Å². The van der Waals surface area contributed by atoms with Gasteiger partial charge in [0.1, 0.15) is 10.3 Å². The second-order valence-electron chi connectivity index (χ2n) is 5.94. The smallest absolute Gasteiger partial charge is 0.253 e. The zero-order chi connectivity index (χ0) is 19.6. The Balaban J connectivity index is 1.40. The van der Waals surface area contributed by atoms with Crippen molar-refractivity contribution in [2.45, 2.75) is 33.2 Å². The molecule has 0 radical (unpaired) electrons. The van der Waals surface area contributed by atoms with E-state index < -0.39 is 16.1 Å². The zero-order valence-electron chi connectivity index (χ0n) is 14.5. The van der Waals surface area contributed by atoms with Crippen molar-refractivity contribution < 1.29 is 13.2 Å². The van der Waals surface area contributed by atoms with Gasteiger partial charge >= 0.3 is 0 Å². The van der Waals surface area contributed by atoms with Crippen LogP contribution >= 0.6 is 45.8 Å². The van der Waals surface area contributed by atoms with Crippen molar-refractivity contribution in [3.63, 3.8) is 0 Å². The van der Waals surface area contributed by atoms with E-state index in [2.05, 4.69) is 21.6 Å². The summed E-state index contributed by atoms with van der Waals surface area (Å²) in [6.45, 7) is 0.344. The van der Waals surface area contributed by atoms with Crippen LogP contribution < -0.4 is 5.32 Å². The number of carbonyl (C=O) groups is 1. The molecule has 1 aliphatic rings. The molecule has 148 valence electrons. The Bertz CT molecular complexity index is 1030. The first-order valence-corrected chi connectivity index (χ1v) is 13.4. The van der Waals surface area contributed by atoms with Crippen molar-refractivity contribution in [3.05, 3.63) is 39.9 Å². The quantitative estimate of drug-likeness (QED) is 0.416. The van der Waals surface area contributed by atoms with Crippen molar-refractivity contribution in [3.8, 4) is 0 Å². The maximum atomic E-state index is 12.8. The van der Waals surface area contributed by atoms with Gasteiger partial charge in [0.15, 0.2) is 4.34 Å². The Kier molecular flexibility index (Phi) is 6.13. The van der Waals surface area contributed by atoms with Crippen LogP contribution in [0.5, 0.6) is 0 Å². The molecule has 0 bridgehead atoms. The molecule has 0 saturated carbocycles. The molecule has 7 nitrogen and oxygen atoms in total. The van der Waals surface area contributed by atoms with E-state index in [1.54, 1.807) is 40.6 Å². The number of thioether (sulfide) groups is 1. The Morgan fingerprint density at radius 1 is 1.25 bits per heavy atom.